The van der Waals surface area contributed by atoms with E-state index in [9.17, 15) is 9.59 Å². The first-order valence-corrected chi connectivity index (χ1v) is 7.72. The molecule has 0 aliphatic heterocycles. The van der Waals surface area contributed by atoms with Gasteiger partial charge < -0.3 is 10.2 Å². The maximum absolute atomic E-state index is 12.0. The number of benzene rings is 1. The third-order valence-corrected chi connectivity index (χ3v) is 3.85. The number of hydrogen-bond acceptors (Lipinski definition) is 3. The van der Waals surface area contributed by atoms with Gasteiger partial charge in [-0.15, -0.1) is 0 Å². The number of nitrogens with one attached hydrogen (secondary N) is 1. The number of amides is 2. The molecule has 4 nitrogen and oxygen atoms in total. The Bertz CT molecular complexity index is 623. The second-order valence-electron chi connectivity index (χ2n) is 4.70. The Labute approximate surface area is 128 Å². The Balaban J connectivity index is 2.07. The summed E-state index contributed by atoms with van der Waals surface area (Å²) in [4.78, 5) is 25.2. The van der Waals surface area contributed by atoms with Gasteiger partial charge in [-0.2, -0.15) is 11.3 Å². The first-order valence-electron chi connectivity index (χ1n) is 6.78. The third-order valence-electron chi connectivity index (χ3n) is 3.17. The van der Waals surface area contributed by atoms with Gasteiger partial charge in [0.25, 0.3) is 5.91 Å². The lowest BCUT2D eigenvalue weighted by Gasteiger charge is -2.19. The zero-order valence-electron chi connectivity index (χ0n) is 12.1. The number of nitrogens with zero attached hydrogens (tertiary/aromatic N) is 1. The minimum atomic E-state index is -0.118. The molecular weight excluding hydrogens is 284 g/mol. The van der Waals surface area contributed by atoms with Gasteiger partial charge in [0, 0.05) is 31.1 Å². The first kappa shape index (κ1) is 15.3. The van der Waals surface area contributed by atoms with E-state index in [0.29, 0.717) is 18.7 Å². The Morgan fingerprint density at radius 2 is 2.10 bits per heavy atom. The molecule has 0 bridgehead atoms. The molecule has 1 N–H and O–H groups in total. The summed E-state index contributed by atoms with van der Waals surface area (Å²) >= 11 is 1.49. The van der Waals surface area contributed by atoms with Crippen LogP contribution < -0.4 is 5.32 Å². The molecule has 0 fully saturated rings. The van der Waals surface area contributed by atoms with Gasteiger partial charge in [0.15, 0.2) is 0 Å². The summed E-state index contributed by atoms with van der Waals surface area (Å²) in [5.74, 6) is -0.0717. The molecule has 0 spiro atoms. The van der Waals surface area contributed by atoms with Gasteiger partial charge in [-0.25, -0.2) is 0 Å². The smallest absolute Gasteiger partial charge is 0.256 e. The zero-order valence-corrected chi connectivity index (χ0v) is 12.9. The molecule has 0 unspecified atom stereocenters. The summed E-state index contributed by atoms with van der Waals surface area (Å²) in [5, 5.41) is 6.56. The normalized spacial score (nSPS) is 10.2. The molecule has 2 aromatic rings. The fourth-order valence-electron chi connectivity index (χ4n) is 2.01. The van der Waals surface area contributed by atoms with Crippen molar-refractivity contribution in [3.8, 4) is 0 Å². The van der Waals surface area contributed by atoms with Gasteiger partial charge in [-0.1, -0.05) is 12.1 Å². The summed E-state index contributed by atoms with van der Waals surface area (Å²) in [6.07, 6.45) is 0. The van der Waals surface area contributed by atoms with E-state index in [4.69, 9.17) is 0 Å². The maximum Gasteiger partial charge on any atom is 0.256 e. The van der Waals surface area contributed by atoms with Gasteiger partial charge in [-0.05, 0) is 36.1 Å². The molecule has 0 aliphatic rings. The van der Waals surface area contributed by atoms with E-state index in [1.807, 2.05) is 41.9 Å². The van der Waals surface area contributed by atoms with Crippen molar-refractivity contribution >= 4 is 28.8 Å². The Morgan fingerprint density at radius 3 is 2.71 bits per heavy atom. The van der Waals surface area contributed by atoms with Crippen LogP contribution in [0.5, 0.6) is 0 Å². The molecule has 5 heteroatoms. The number of hydrogen-bond donors (Lipinski definition) is 1. The average molecular weight is 302 g/mol. The summed E-state index contributed by atoms with van der Waals surface area (Å²) in [7, 11) is 0. The van der Waals surface area contributed by atoms with Crippen LogP contribution in [0.15, 0.2) is 41.1 Å². The van der Waals surface area contributed by atoms with Crippen molar-refractivity contribution < 1.29 is 9.59 Å². The molecule has 1 heterocycles. The van der Waals surface area contributed by atoms with Crippen LogP contribution >= 0.6 is 11.3 Å². The van der Waals surface area contributed by atoms with Crippen LogP contribution in [0.3, 0.4) is 0 Å². The fourth-order valence-corrected chi connectivity index (χ4v) is 2.65. The van der Waals surface area contributed by atoms with Crippen molar-refractivity contribution in [3.63, 3.8) is 0 Å². The number of carbonyl (C=O) groups is 2. The molecule has 0 saturated heterocycles. The van der Waals surface area contributed by atoms with Crippen LogP contribution in [0.25, 0.3) is 0 Å². The van der Waals surface area contributed by atoms with E-state index >= 15 is 0 Å². The van der Waals surface area contributed by atoms with E-state index in [2.05, 4.69) is 5.32 Å². The molecule has 0 aliphatic carbocycles. The van der Waals surface area contributed by atoms with Gasteiger partial charge >= 0.3 is 0 Å². The lowest BCUT2D eigenvalue weighted by atomic mass is 10.1. The van der Waals surface area contributed by atoms with Gasteiger partial charge in [-0.3, -0.25) is 9.59 Å². The van der Waals surface area contributed by atoms with Crippen LogP contribution in [0.4, 0.5) is 5.69 Å². The second kappa shape index (κ2) is 7.04. The highest BCUT2D eigenvalue weighted by Gasteiger charge is 2.09. The minimum Gasteiger partial charge on any atom is -0.339 e. The fraction of sp³-hybridized carbons (Fsp3) is 0.250. The van der Waals surface area contributed by atoms with E-state index < -0.39 is 0 Å². The summed E-state index contributed by atoms with van der Waals surface area (Å²) in [5.41, 5.74) is 2.39. The number of anilines is 1. The molecule has 2 amide bonds. The topological polar surface area (TPSA) is 49.4 Å². The van der Waals surface area contributed by atoms with Gasteiger partial charge in [0.2, 0.25) is 5.91 Å². The standard InChI is InChI=1S/C16H18N2O2S/c1-3-18(12(2)19)10-13-5-4-6-15(9-13)17-16(20)14-7-8-21-11-14/h4-9,11H,3,10H2,1-2H3,(H,17,20). The molecule has 0 radical (unpaired) electrons. The van der Waals surface area contributed by atoms with Crippen LogP contribution in [0, 0.1) is 0 Å². The molecule has 2 rings (SSSR count). The van der Waals surface area contributed by atoms with E-state index in [-0.39, 0.29) is 11.8 Å². The van der Waals surface area contributed by atoms with Crippen molar-refractivity contribution in [2.45, 2.75) is 20.4 Å². The molecule has 110 valence electrons. The molecule has 21 heavy (non-hydrogen) atoms. The van der Waals surface area contributed by atoms with E-state index in [1.54, 1.807) is 17.9 Å². The van der Waals surface area contributed by atoms with Crippen LogP contribution in [-0.4, -0.2) is 23.3 Å². The highest BCUT2D eigenvalue weighted by atomic mass is 32.1. The van der Waals surface area contributed by atoms with E-state index in [1.165, 1.54) is 11.3 Å². The van der Waals surface area contributed by atoms with Crippen molar-refractivity contribution in [2.75, 3.05) is 11.9 Å². The lowest BCUT2D eigenvalue weighted by Crippen LogP contribution is -2.27. The molecule has 1 aromatic heterocycles. The van der Waals surface area contributed by atoms with Crippen molar-refractivity contribution in [1.82, 2.24) is 4.90 Å². The third kappa shape index (κ3) is 4.16. The Morgan fingerprint density at radius 1 is 1.29 bits per heavy atom. The van der Waals surface area contributed by atoms with Crippen molar-refractivity contribution in [2.24, 2.45) is 0 Å². The first-order chi connectivity index (χ1) is 10.1. The molecular formula is C16H18N2O2S. The number of rotatable bonds is 5. The SMILES string of the molecule is CCN(Cc1cccc(NC(=O)c2ccsc2)c1)C(C)=O. The van der Waals surface area contributed by atoms with Crippen molar-refractivity contribution in [3.05, 3.63) is 52.2 Å². The Kier molecular flexibility index (Phi) is 5.11. The van der Waals surface area contributed by atoms with Gasteiger partial charge in [0.1, 0.15) is 0 Å². The predicted molar refractivity (Wildman–Crippen MR) is 85.5 cm³/mol. The molecule has 0 saturated carbocycles. The summed E-state index contributed by atoms with van der Waals surface area (Å²) < 4.78 is 0. The number of carbonyl (C=O) groups excluding carboxylic acids is 2. The largest absolute Gasteiger partial charge is 0.339 e. The monoisotopic (exact) mass is 302 g/mol. The quantitative estimate of drug-likeness (QED) is 0.920. The van der Waals surface area contributed by atoms with Gasteiger partial charge in [0.05, 0.1) is 5.56 Å². The highest BCUT2D eigenvalue weighted by Crippen LogP contribution is 2.15. The van der Waals surface area contributed by atoms with Crippen LogP contribution in [0.1, 0.15) is 29.8 Å². The Hall–Kier alpha value is -2.14. The number of thiophene rings is 1. The van der Waals surface area contributed by atoms with Crippen LogP contribution in [-0.2, 0) is 11.3 Å². The molecule has 1 aromatic carbocycles. The minimum absolute atomic E-state index is 0.0465. The molecule has 0 atom stereocenters. The lowest BCUT2D eigenvalue weighted by molar-refractivity contribution is -0.129. The second-order valence-corrected chi connectivity index (χ2v) is 5.48. The summed E-state index contributed by atoms with van der Waals surface area (Å²) in [6, 6.07) is 9.37. The summed E-state index contributed by atoms with van der Waals surface area (Å²) in [6.45, 7) is 4.73. The van der Waals surface area contributed by atoms with Crippen molar-refractivity contribution in [1.29, 1.82) is 0 Å². The van der Waals surface area contributed by atoms with E-state index in [0.717, 1.165) is 11.3 Å². The highest BCUT2D eigenvalue weighted by molar-refractivity contribution is 7.08. The van der Waals surface area contributed by atoms with Crippen LogP contribution in [0.2, 0.25) is 0 Å². The zero-order chi connectivity index (χ0) is 15.2. The predicted octanol–water partition coefficient (Wildman–Crippen LogP) is 3.37. The maximum atomic E-state index is 12.0. The average Bonchev–Trinajstić information content (AvgIpc) is 2.99.